The van der Waals surface area contributed by atoms with E-state index in [2.05, 4.69) is 5.32 Å². The number of rotatable bonds is 5. The maximum absolute atomic E-state index is 13.3. The molecule has 2 N–H and O–H groups in total. The van der Waals surface area contributed by atoms with Crippen LogP contribution in [0.3, 0.4) is 0 Å². The lowest BCUT2D eigenvalue weighted by Gasteiger charge is -2.38. The first kappa shape index (κ1) is 22.8. The molecule has 4 rings (SSSR count). The van der Waals surface area contributed by atoms with Crippen LogP contribution in [0, 0.1) is 17.8 Å². The molecule has 2 heterocycles. The van der Waals surface area contributed by atoms with Gasteiger partial charge in [-0.25, -0.2) is 9.18 Å². The standard InChI is InChI=1S/C23H29ClFN3O4/c24-18-3-1-14(2-4-18)20-13-28(12-17(20)11-26-23(31)32)21(29)15-5-7-27(8-6-15)22(30)16-9-19(25)10-16/h1-4,15-17,19-20,26H,5-13H2,(H,31,32)/t16?,17-,19?,20-/m0/s1. The van der Waals surface area contributed by atoms with Crippen molar-refractivity contribution in [1.29, 1.82) is 0 Å². The third kappa shape index (κ3) is 5.00. The number of alkyl halides is 1. The molecule has 2 atom stereocenters. The van der Waals surface area contributed by atoms with Gasteiger partial charge in [0.05, 0.1) is 0 Å². The van der Waals surface area contributed by atoms with Gasteiger partial charge in [0, 0.05) is 61.4 Å². The maximum atomic E-state index is 13.3. The highest BCUT2D eigenvalue weighted by Crippen LogP contribution is 2.36. The first-order chi connectivity index (χ1) is 15.3. The van der Waals surface area contributed by atoms with Gasteiger partial charge in [0.25, 0.3) is 0 Å². The van der Waals surface area contributed by atoms with Gasteiger partial charge in [-0.2, -0.15) is 0 Å². The van der Waals surface area contributed by atoms with Crippen molar-refractivity contribution in [2.24, 2.45) is 17.8 Å². The smallest absolute Gasteiger partial charge is 0.404 e. The van der Waals surface area contributed by atoms with Gasteiger partial charge in [0.15, 0.2) is 0 Å². The van der Waals surface area contributed by atoms with Crippen LogP contribution < -0.4 is 5.32 Å². The quantitative estimate of drug-likeness (QED) is 0.699. The summed E-state index contributed by atoms with van der Waals surface area (Å²) >= 11 is 6.01. The summed E-state index contributed by atoms with van der Waals surface area (Å²) in [6, 6.07) is 7.48. The van der Waals surface area contributed by atoms with E-state index in [4.69, 9.17) is 16.7 Å². The number of piperidine rings is 1. The monoisotopic (exact) mass is 465 g/mol. The minimum Gasteiger partial charge on any atom is -0.465 e. The van der Waals surface area contributed by atoms with E-state index in [0.29, 0.717) is 56.9 Å². The van der Waals surface area contributed by atoms with Crippen LogP contribution in [0.1, 0.15) is 37.2 Å². The van der Waals surface area contributed by atoms with Crippen LogP contribution in [0.4, 0.5) is 9.18 Å². The van der Waals surface area contributed by atoms with Crippen LogP contribution in [-0.4, -0.2) is 71.7 Å². The highest BCUT2D eigenvalue weighted by atomic mass is 35.5. The van der Waals surface area contributed by atoms with Crippen molar-refractivity contribution in [3.8, 4) is 0 Å². The molecule has 1 aromatic rings. The van der Waals surface area contributed by atoms with Crippen LogP contribution in [0.25, 0.3) is 0 Å². The molecule has 7 nitrogen and oxygen atoms in total. The van der Waals surface area contributed by atoms with Gasteiger partial charge >= 0.3 is 6.09 Å². The molecule has 174 valence electrons. The first-order valence-corrected chi connectivity index (χ1v) is 11.6. The summed E-state index contributed by atoms with van der Waals surface area (Å²) in [6.07, 6.45) is -0.0674. The summed E-state index contributed by atoms with van der Waals surface area (Å²) in [4.78, 5) is 40.3. The van der Waals surface area contributed by atoms with Crippen LogP contribution in [-0.2, 0) is 9.59 Å². The fourth-order valence-electron chi connectivity index (χ4n) is 5.18. The summed E-state index contributed by atoms with van der Waals surface area (Å²) in [5.41, 5.74) is 1.04. The fraction of sp³-hybridized carbons (Fsp3) is 0.609. The molecule has 1 aromatic carbocycles. The second-order valence-corrected chi connectivity index (χ2v) is 9.65. The van der Waals surface area contributed by atoms with E-state index in [0.717, 1.165) is 5.56 Å². The van der Waals surface area contributed by atoms with Gasteiger partial charge in [0.1, 0.15) is 6.17 Å². The highest BCUT2D eigenvalue weighted by Gasteiger charge is 2.41. The van der Waals surface area contributed by atoms with Crippen LogP contribution in [0.5, 0.6) is 0 Å². The Bertz CT molecular complexity index is 853. The molecule has 3 fully saturated rings. The number of carboxylic acid groups (broad SMARTS) is 1. The van der Waals surface area contributed by atoms with Gasteiger partial charge in [-0.1, -0.05) is 23.7 Å². The number of amides is 3. The lowest BCUT2D eigenvalue weighted by atomic mass is 9.82. The zero-order valence-electron chi connectivity index (χ0n) is 17.9. The second-order valence-electron chi connectivity index (χ2n) is 9.21. The largest absolute Gasteiger partial charge is 0.465 e. The van der Waals surface area contributed by atoms with E-state index >= 15 is 0 Å². The van der Waals surface area contributed by atoms with E-state index < -0.39 is 12.3 Å². The van der Waals surface area contributed by atoms with Crippen LogP contribution in [0.2, 0.25) is 5.02 Å². The van der Waals surface area contributed by atoms with E-state index in [-0.39, 0.29) is 42.0 Å². The van der Waals surface area contributed by atoms with Crippen LogP contribution in [0.15, 0.2) is 24.3 Å². The number of hydrogen-bond acceptors (Lipinski definition) is 3. The topological polar surface area (TPSA) is 89.9 Å². The van der Waals surface area contributed by atoms with Crippen molar-refractivity contribution < 1.29 is 23.9 Å². The predicted octanol–water partition coefficient (Wildman–Crippen LogP) is 3.14. The molecule has 1 aliphatic carbocycles. The molecule has 3 aliphatic rings. The molecule has 0 unspecified atom stereocenters. The number of halogens is 2. The Labute approximate surface area is 191 Å². The third-order valence-electron chi connectivity index (χ3n) is 7.15. The third-order valence-corrected chi connectivity index (χ3v) is 7.40. The van der Waals surface area contributed by atoms with Crippen molar-refractivity contribution in [1.82, 2.24) is 15.1 Å². The van der Waals surface area contributed by atoms with Gasteiger partial charge < -0.3 is 20.2 Å². The molecule has 3 amide bonds. The van der Waals surface area contributed by atoms with Gasteiger partial charge in [-0.05, 0) is 43.4 Å². The van der Waals surface area contributed by atoms with Gasteiger partial charge in [-0.3, -0.25) is 9.59 Å². The number of nitrogens with zero attached hydrogens (tertiary/aromatic N) is 2. The number of benzene rings is 1. The Morgan fingerprint density at radius 3 is 2.22 bits per heavy atom. The van der Waals surface area contributed by atoms with Gasteiger partial charge in [-0.15, -0.1) is 0 Å². The molecule has 2 saturated heterocycles. The number of nitrogens with one attached hydrogen (secondary N) is 1. The second kappa shape index (κ2) is 9.65. The first-order valence-electron chi connectivity index (χ1n) is 11.3. The van der Waals surface area contributed by atoms with E-state index in [9.17, 15) is 18.8 Å². The molecule has 9 heteroatoms. The van der Waals surface area contributed by atoms with E-state index in [1.54, 1.807) is 4.90 Å². The lowest BCUT2D eigenvalue weighted by Crippen LogP contribution is -2.48. The summed E-state index contributed by atoms with van der Waals surface area (Å²) in [5.74, 6) is -0.248. The predicted molar refractivity (Wildman–Crippen MR) is 117 cm³/mol. The van der Waals surface area contributed by atoms with Crippen molar-refractivity contribution in [2.45, 2.75) is 37.8 Å². The van der Waals surface area contributed by atoms with Gasteiger partial charge in [0.2, 0.25) is 11.8 Å². The summed E-state index contributed by atoms with van der Waals surface area (Å²) in [7, 11) is 0. The lowest BCUT2D eigenvalue weighted by molar-refractivity contribution is -0.145. The molecule has 1 saturated carbocycles. The van der Waals surface area contributed by atoms with E-state index in [1.807, 2.05) is 29.2 Å². The summed E-state index contributed by atoms with van der Waals surface area (Å²) < 4.78 is 13.1. The van der Waals surface area contributed by atoms with Crippen molar-refractivity contribution in [2.75, 3.05) is 32.7 Å². The average Bonchev–Trinajstić information content (AvgIpc) is 3.19. The normalized spacial score (nSPS) is 28.3. The molecule has 0 spiro atoms. The minimum absolute atomic E-state index is 0.0218. The summed E-state index contributed by atoms with van der Waals surface area (Å²) in [6.45, 7) is 2.36. The number of carbonyl (C=O) groups excluding carboxylic acids is 2. The zero-order chi connectivity index (χ0) is 22.8. The summed E-state index contributed by atoms with van der Waals surface area (Å²) in [5, 5.41) is 12.1. The maximum Gasteiger partial charge on any atom is 0.404 e. The zero-order valence-corrected chi connectivity index (χ0v) is 18.6. The Hall–Kier alpha value is -2.35. The molecule has 0 radical (unpaired) electrons. The molecule has 32 heavy (non-hydrogen) atoms. The molecule has 0 bridgehead atoms. The SMILES string of the molecule is O=C(O)NC[C@H]1CN(C(=O)C2CCN(C(=O)C3CC(F)C3)CC2)C[C@H]1c1ccc(Cl)cc1. The number of likely N-dealkylation sites (tertiary alicyclic amines) is 2. The number of hydrogen-bond donors (Lipinski definition) is 2. The molecular formula is C23H29ClFN3O4. The average molecular weight is 466 g/mol. The van der Waals surface area contributed by atoms with Crippen molar-refractivity contribution in [3.05, 3.63) is 34.9 Å². The molecule has 2 aliphatic heterocycles. The fourth-order valence-corrected chi connectivity index (χ4v) is 5.30. The Kier molecular flexibility index (Phi) is 6.88. The van der Waals surface area contributed by atoms with Crippen molar-refractivity contribution >= 4 is 29.5 Å². The Morgan fingerprint density at radius 2 is 1.62 bits per heavy atom. The minimum atomic E-state index is -1.08. The van der Waals surface area contributed by atoms with Crippen LogP contribution >= 0.6 is 11.6 Å². The van der Waals surface area contributed by atoms with Crippen molar-refractivity contribution in [3.63, 3.8) is 0 Å². The van der Waals surface area contributed by atoms with E-state index in [1.165, 1.54) is 0 Å². The number of carbonyl (C=O) groups is 3. The Balaban J connectivity index is 1.36. The molecule has 0 aromatic heterocycles. The Morgan fingerprint density at radius 1 is 1.00 bits per heavy atom. The molecular weight excluding hydrogens is 437 g/mol. The highest BCUT2D eigenvalue weighted by molar-refractivity contribution is 6.30.